The fraction of sp³-hybridized carbons (Fsp3) is 0.375. The SMILES string of the molecule is CCCN(C(=O)Nc1ccc(/C=C/C(=O)O)cc1)C1CC1. The lowest BCUT2D eigenvalue weighted by atomic mass is 10.2. The molecule has 0 heterocycles. The molecule has 0 spiro atoms. The molecule has 2 amide bonds. The van der Waals surface area contributed by atoms with E-state index in [4.69, 9.17) is 5.11 Å². The molecular formula is C16H20N2O3. The second-order valence-corrected chi connectivity index (χ2v) is 5.15. The predicted octanol–water partition coefficient (Wildman–Crippen LogP) is 3.19. The lowest BCUT2D eigenvalue weighted by molar-refractivity contribution is -0.131. The number of aliphatic carboxylic acids is 1. The number of rotatable bonds is 6. The molecule has 0 radical (unpaired) electrons. The molecule has 0 bridgehead atoms. The largest absolute Gasteiger partial charge is 0.478 e. The zero-order valence-corrected chi connectivity index (χ0v) is 12.1. The van der Waals surface area contributed by atoms with E-state index in [-0.39, 0.29) is 6.03 Å². The summed E-state index contributed by atoms with van der Waals surface area (Å²) in [6, 6.07) is 7.43. The van der Waals surface area contributed by atoms with E-state index in [1.807, 2.05) is 4.90 Å². The number of hydrogen-bond acceptors (Lipinski definition) is 2. The molecule has 21 heavy (non-hydrogen) atoms. The first-order valence-electron chi connectivity index (χ1n) is 7.19. The molecule has 0 aliphatic heterocycles. The van der Waals surface area contributed by atoms with Crippen molar-refractivity contribution in [3.05, 3.63) is 35.9 Å². The third-order valence-corrected chi connectivity index (χ3v) is 3.29. The molecule has 5 nitrogen and oxygen atoms in total. The van der Waals surface area contributed by atoms with Gasteiger partial charge >= 0.3 is 12.0 Å². The normalized spacial score (nSPS) is 14.1. The Labute approximate surface area is 124 Å². The number of carbonyl (C=O) groups excluding carboxylic acids is 1. The maximum Gasteiger partial charge on any atom is 0.328 e. The van der Waals surface area contributed by atoms with Crippen LogP contribution in [-0.4, -0.2) is 34.6 Å². The Morgan fingerprint density at radius 2 is 2.00 bits per heavy atom. The summed E-state index contributed by atoms with van der Waals surface area (Å²) in [6.45, 7) is 2.84. The van der Waals surface area contributed by atoms with E-state index in [0.29, 0.717) is 11.7 Å². The van der Waals surface area contributed by atoms with Gasteiger partial charge in [0.25, 0.3) is 0 Å². The molecule has 2 rings (SSSR count). The van der Waals surface area contributed by atoms with Crippen molar-refractivity contribution in [2.24, 2.45) is 0 Å². The summed E-state index contributed by atoms with van der Waals surface area (Å²) in [7, 11) is 0. The van der Waals surface area contributed by atoms with Gasteiger partial charge in [-0.15, -0.1) is 0 Å². The zero-order valence-electron chi connectivity index (χ0n) is 12.1. The van der Waals surface area contributed by atoms with Crippen LogP contribution in [0.1, 0.15) is 31.7 Å². The van der Waals surface area contributed by atoms with Crippen molar-refractivity contribution in [1.82, 2.24) is 4.90 Å². The lowest BCUT2D eigenvalue weighted by Gasteiger charge is -2.22. The van der Waals surface area contributed by atoms with Gasteiger partial charge in [-0.25, -0.2) is 9.59 Å². The fourth-order valence-electron chi connectivity index (χ4n) is 2.12. The third-order valence-electron chi connectivity index (χ3n) is 3.29. The molecule has 1 aliphatic rings. The first-order valence-corrected chi connectivity index (χ1v) is 7.19. The van der Waals surface area contributed by atoms with E-state index in [9.17, 15) is 9.59 Å². The average Bonchev–Trinajstić information content (AvgIpc) is 3.28. The topological polar surface area (TPSA) is 69.6 Å². The first-order chi connectivity index (χ1) is 10.1. The number of carboxylic acid groups (broad SMARTS) is 1. The van der Waals surface area contributed by atoms with Crippen molar-refractivity contribution in [2.45, 2.75) is 32.2 Å². The molecule has 0 atom stereocenters. The fourth-order valence-corrected chi connectivity index (χ4v) is 2.12. The van der Waals surface area contributed by atoms with Crippen molar-refractivity contribution in [3.63, 3.8) is 0 Å². The molecule has 1 saturated carbocycles. The maximum atomic E-state index is 12.2. The Bertz CT molecular complexity index is 533. The van der Waals surface area contributed by atoms with Crippen molar-refractivity contribution in [2.75, 3.05) is 11.9 Å². The van der Waals surface area contributed by atoms with E-state index in [1.54, 1.807) is 24.3 Å². The molecule has 1 aromatic rings. The zero-order chi connectivity index (χ0) is 15.2. The van der Waals surface area contributed by atoms with Gasteiger partial charge in [-0.3, -0.25) is 0 Å². The number of benzene rings is 1. The van der Waals surface area contributed by atoms with Gasteiger partial charge in [0.15, 0.2) is 0 Å². The Morgan fingerprint density at radius 3 is 2.52 bits per heavy atom. The molecule has 0 saturated heterocycles. The summed E-state index contributed by atoms with van der Waals surface area (Å²) in [5.41, 5.74) is 1.50. The molecule has 0 aromatic heterocycles. The summed E-state index contributed by atoms with van der Waals surface area (Å²) in [5.74, 6) is -0.980. The highest BCUT2D eigenvalue weighted by atomic mass is 16.4. The van der Waals surface area contributed by atoms with Gasteiger partial charge in [0.1, 0.15) is 0 Å². The number of hydrogen-bond donors (Lipinski definition) is 2. The quantitative estimate of drug-likeness (QED) is 0.790. The molecule has 1 aromatic carbocycles. The number of anilines is 1. The van der Waals surface area contributed by atoms with Crippen LogP contribution < -0.4 is 5.32 Å². The minimum atomic E-state index is -0.980. The van der Waals surface area contributed by atoms with E-state index in [0.717, 1.165) is 37.4 Å². The number of urea groups is 1. The molecular weight excluding hydrogens is 268 g/mol. The third kappa shape index (κ3) is 4.63. The molecule has 1 aliphatic carbocycles. The average molecular weight is 288 g/mol. The second kappa shape index (κ2) is 6.92. The van der Waals surface area contributed by atoms with E-state index in [2.05, 4.69) is 12.2 Å². The summed E-state index contributed by atoms with van der Waals surface area (Å²) < 4.78 is 0. The van der Waals surface area contributed by atoms with Crippen molar-refractivity contribution in [1.29, 1.82) is 0 Å². The minimum Gasteiger partial charge on any atom is -0.478 e. The molecule has 5 heteroatoms. The summed E-state index contributed by atoms with van der Waals surface area (Å²) >= 11 is 0. The van der Waals surface area contributed by atoms with Crippen LogP contribution in [0.3, 0.4) is 0 Å². The Morgan fingerprint density at radius 1 is 1.33 bits per heavy atom. The van der Waals surface area contributed by atoms with Crippen molar-refractivity contribution < 1.29 is 14.7 Å². The molecule has 1 fully saturated rings. The van der Waals surface area contributed by atoms with Crippen LogP contribution in [0.15, 0.2) is 30.3 Å². The van der Waals surface area contributed by atoms with Gasteiger partial charge in [-0.2, -0.15) is 0 Å². The number of carboxylic acids is 1. The van der Waals surface area contributed by atoms with E-state index < -0.39 is 5.97 Å². The Hall–Kier alpha value is -2.30. The number of nitrogens with zero attached hydrogens (tertiary/aromatic N) is 1. The summed E-state index contributed by atoms with van der Waals surface area (Å²) in [5, 5.41) is 11.5. The number of carbonyl (C=O) groups is 2. The minimum absolute atomic E-state index is 0.0619. The van der Waals surface area contributed by atoms with Crippen molar-refractivity contribution >= 4 is 23.8 Å². The van der Waals surface area contributed by atoms with Gasteiger partial charge in [-0.1, -0.05) is 19.1 Å². The summed E-state index contributed by atoms with van der Waals surface area (Å²) in [6.07, 6.45) is 5.73. The second-order valence-electron chi connectivity index (χ2n) is 5.15. The maximum absolute atomic E-state index is 12.2. The standard InChI is InChI=1S/C16H20N2O3/c1-2-11-18(14-8-9-14)16(21)17-13-6-3-12(4-7-13)5-10-15(19)20/h3-7,10,14H,2,8-9,11H2,1H3,(H,17,21)(H,19,20)/b10-5+. The molecule has 2 N–H and O–H groups in total. The number of amides is 2. The van der Waals surface area contributed by atoms with Crippen molar-refractivity contribution in [3.8, 4) is 0 Å². The predicted molar refractivity (Wildman–Crippen MR) is 82.1 cm³/mol. The van der Waals surface area contributed by atoms with E-state index in [1.165, 1.54) is 6.08 Å². The van der Waals surface area contributed by atoms with Crippen LogP contribution in [-0.2, 0) is 4.79 Å². The smallest absolute Gasteiger partial charge is 0.328 e. The van der Waals surface area contributed by atoms with E-state index >= 15 is 0 Å². The Balaban J connectivity index is 1.95. The highest BCUT2D eigenvalue weighted by Crippen LogP contribution is 2.27. The lowest BCUT2D eigenvalue weighted by Crippen LogP contribution is -2.37. The van der Waals surface area contributed by atoms with Gasteiger partial charge in [-0.05, 0) is 43.0 Å². The van der Waals surface area contributed by atoms with Gasteiger partial charge in [0.05, 0.1) is 0 Å². The van der Waals surface area contributed by atoms with Crippen LogP contribution in [0.2, 0.25) is 0 Å². The van der Waals surface area contributed by atoms with Crippen LogP contribution in [0, 0.1) is 0 Å². The monoisotopic (exact) mass is 288 g/mol. The Kier molecular flexibility index (Phi) is 4.98. The van der Waals surface area contributed by atoms with Gasteiger partial charge < -0.3 is 15.3 Å². The van der Waals surface area contributed by atoms with Crippen LogP contribution in [0.25, 0.3) is 6.08 Å². The van der Waals surface area contributed by atoms with Crippen LogP contribution >= 0.6 is 0 Å². The highest BCUT2D eigenvalue weighted by Gasteiger charge is 2.31. The first kappa shape index (κ1) is 15.1. The van der Waals surface area contributed by atoms with Gasteiger partial charge in [0.2, 0.25) is 0 Å². The summed E-state index contributed by atoms with van der Waals surface area (Å²) in [4.78, 5) is 24.5. The molecule has 0 unspecified atom stereocenters. The van der Waals surface area contributed by atoms with Crippen LogP contribution in [0.5, 0.6) is 0 Å². The van der Waals surface area contributed by atoms with Crippen LogP contribution in [0.4, 0.5) is 10.5 Å². The molecule has 112 valence electrons. The highest BCUT2D eigenvalue weighted by molar-refractivity contribution is 5.90. The van der Waals surface area contributed by atoms with Gasteiger partial charge in [0, 0.05) is 24.4 Å². The number of nitrogens with one attached hydrogen (secondary N) is 1.